The van der Waals surface area contributed by atoms with Crippen molar-refractivity contribution in [1.82, 2.24) is 14.7 Å². The van der Waals surface area contributed by atoms with E-state index < -0.39 is 0 Å². The topological polar surface area (TPSA) is 37.4 Å². The lowest BCUT2D eigenvalue weighted by atomic mass is 9.75. The second-order valence-corrected chi connectivity index (χ2v) is 16.5. The fourth-order valence-corrected chi connectivity index (χ4v) is 9.29. The van der Waals surface area contributed by atoms with E-state index in [4.69, 9.17) is 14.2 Å². The molecule has 0 spiro atoms. The molecular weight excluding hydrogens is 582 g/mol. The van der Waals surface area contributed by atoms with Gasteiger partial charge in [-0.05, 0) is 179 Å². The fourth-order valence-electron chi connectivity index (χ4n) is 9.29. The number of nitrogens with zero attached hydrogens (tertiary/aromatic N) is 3. The Morgan fingerprint density at radius 3 is 1.00 bits per heavy atom. The average Bonchev–Trinajstić information content (AvgIpc) is 3.06. The largest absolute Gasteiger partial charge is 0.381 e. The van der Waals surface area contributed by atoms with Gasteiger partial charge < -0.3 is 28.9 Å². The van der Waals surface area contributed by atoms with Crippen molar-refractivity contribution in [3.8, 4) is 0 Å². The van der Waals surface area contributed by atoms with Crippen LogP contribution in [0.2, 0.25) is 0 Å². The molecule has 47 heavy (non-hydrogen) atoms. The maximum absolute atomic E-state index is 5.49. The molecule has 3 saturated heterocycles. The Hall–Kier alpha value is -0.240. The molecule has 3 saturated carbocycles. The van der Waals surface area contributed by atoms with E-state index in [-0.39, 0.29) is 0 Å². The maximum Gasteiger partial charge on any atom is 0.0494 e. The predicted octanol–water partition coefficient (Wildman–Crippen LogP) is 8.24. The first-order valence-corrected chi connectivity index (χ1v) is 21.0. The highest BCUT2D eigenvalue weighted by Gasteiger charge is 2.33. The second-order valence-electron chi connectivity index (χ2n) is 16.5. The van der Waals surface area contributed by atoms with Crippen LogP contribution in [0.15, 0.2) is 0 Å². The van der Waals surface area contributed by atoms with E-state index in [0.717, 1.165) is 81.1 Å². The van der Waals surface area contributed by atoms with Gasteiger partial charge in [-0.25, -0.2) is 0 Å². The molecule has 0 radical (unpaired) electrons. The molecule has 3 aliphatic heterocycles. The molecular formula is C41H79N3O3. The van der Waals surface area contributed by atoms with Gasteiger partial charge in [0, 0.05) is 59.3 Å². The van der Waals surface area contributed by atoms with Crippen LogP contribution < -0.4 is 0 Å². The number of hydrogen-bond donors (Lipinski definition) is 0. The summed E-state index contributed by atoms with van der Waals surface area (Å²) in [5.41, 5.74) is 0. The third-order valence-corrected chi connectivity index (χ3v) is 12.4. The molecule has 6 aliphatic rings. The third-order valence-electron chi connectivity index (χ3n) is 12.4. The Labute approximate surface area is 292 Å². The lowest BCUT2D eigenvalue weighted by Crippen LogP contribution is -2.41. The number of rotatable bonds is 16. The fraction of sp³-hybridized carbons (Fsp3) is 1.00. The number of hydrogen-bond acceptors (Lipinski definition) is 6. The van der Waals surface area contributed by atoms with Crippen LogP contribution in [0.5, 0.6) is 0 Å². The van der Waals surface area contributed by atoms with Gasteiger partial charge in [-0.15, -0.1) is 0 Å². The Morgan fingerprint density at radius 1 is 0.383 bits per heavy atom. The zero-order valence-corrected chi connectivity index (χ0v) is 31.8. The van der Waals surface area contributed by atoms with Crippen molar-refractivity contribution in [3.63, 3.8) is 0 Å². The van der Waals surface area contributed by atoms with Gasteiger partial charge in [0.1, 0.15) is 0 Å². The molecule has 3 aliphatic carbocycles. The molecule has 6 nitrogen and oxygen atoms in total. The molecule has 6 fully saturated rings. The van der Waals surface area contributed by atoms with Gasteiger partial charge in [0.2, 0.25) is 0 Å². The number of piperidine rings is 3. The average molecular weight is 662 g/mol. The van der Waals surface area contributed by atoms with Crippen molar-refractivity contribution >= 4 is 0 Å². The molecule has 3 heterocycles. The smallest absolute Gasteiger partial charge is 0.0494 e. The van der Waals surface area contributed by atoms with Gasteiger partial charge in [-0.1, -0.05) is 26.2 Å². The monoisotopic (exact) mass is 662 g/mol. The van der Waals surface area contributed by atoms with Crippen LogP contribution in [0.4, 0.5) is 0 Å². The zero-order chi connectivity index (χ0) is 33.1. The summed E-state index contributed by atoms with van der Waals surface area (Å²) in [6, 6.07) is 0. The van der Waals surface area contributed by atoms with Crippen molar-refractivity contribution in [2.24, 2.45) is 41.4 Å². The second kappa shape index (κ2) is 23.3. The first-order valence-electron chi connectivity index (χ1n) is 21.0. The van der Waals surface area contributed by atoms with Gasteiger partial charge >= 0.3 is 0 Å². The van der Waals surface area contributed by atoms with Crippen LogP contribution in [-0.2, 0) is 14.2 Å². The lowest BCUT2D eigenvalue weighted by molar-refractivity contribution is 0.0308. The number of ether oxygens (including phenoxy) is 3. The van der Waals surface area contributed by atoms with Crippen LogP contribution in [0.25, 0.3) is 0 Å². The van der Waals surface area contributed by atoms with E-state index in [0.29, 0.717) is 0 Å². The molecule has 6 rings (SSSR count). The first kappa shape index (κ1) is 39.5. The van der Waals surface area contributed by atoms with Crippen LogP contribution in [0.1, 0.15) is 124 Å². The molecule has 0 bridgehead atoms. The number of likely N-dealkylation sites (tertiary alicyclic amines) is 3. The highest BCUT2D eigenvalue weighted by atomic mass is 16.5. The quantitative estimate of drug-likeness (QED) is 0.166. The first-order chi connectivity index (χ1) is 23.1. The SMILES string of the molecule is CCOCC1CC(CN2CCC(CC)CC2)C1.CCOCC1CC(CN2CCCCC2)C1.CCOCC1CC(CN2CCCCC2)C1. The van der Waals surface area contributed by atoms with E-state index in [1.807, 2.05) is 0 Å². The molecule has 0 N–H and O–H groups in total. The molecule has 0 aromatic rings. The minimum Gasteiger partial charge on any atom is -0.381 e. The van der Waals surface area contributed by atoms with Gasteiger partial charge in [0.15, 0.2) is 0 Å². The van der Waals surface area contributed by atoms with Crippen LogP contribution >= 0.6 is 0 Å². The lowest BCUT2D eigenvalue weighted by Gasteiger charge is -2.40. The highest BCUT2D eigenvalue weighted by Crippen LogP contribution is 2.37. The maximum atomic E-state index is 5.49. The summed E-state index contributed by atoms with van der Waals surface area (Å²) in [6.45, 7) is 26.5. The van der Waals surface area contributed by atoms with E-state index in [9.17, 15) is 0 Å². The minimum atomic E-state index is 0.869. The van der Waals surface area contributed by atoms with Crippen LogP contribution in [-0.4, -0.2) is 113 Å². The molecule has 276 valence electrons. The Bertz CT molecular complexity index is 707. The molecule has 0 amide bonds. The van der Waals surface area contributed by atoms with Crippen molar-refractivity contribution in [2.45, 2.75) is 124 Å². The van der Waals surface area contributed by atoms with E-state index in [1.165, 1.54) is 155 Å². The third kappa shape index (κ3) is 15.3. The predicted molar refractivity (Wildman–Crippen MR) is 198 cm³/mol. The minimum absolute atomic E-state index is 0.869. The molecule has 0 atom stereocenters. The summed E-state index contributed by atoms with van der Waals surface area (Å²) >= 11 is 0. The summed E-state index contributed by atoms with van der Waals surface area (Å²) in [4.78, 5) is 8.05. The van der Waals surface area contributed by atoms with Crippen molar-refractivity contribution < 1.29 is 14.2 Å². The summed E-state index contributed by atoms with van der Waals surface area (Å²) in [7, 11) is 0. The Kier molecular flexibility index (Phi) is 19.6. The Balaban J connectivity index is 0.000000160. The Morgan fingerprint density at radius 2 is 0.702 bits per heavy atom. The standard InChI is InChI=1S/C15H29NO.2C13H25NO/c1-3-13-5-7-16(8-6-13)11-14-9-15(10-14)12-17-4-2;2*1-2-15-11-13-8-12(9-13)10-14-6-4-3-5-7-14/h13-15H,3-12H2,1-2H3;2*12-13H,2-11H2,1H3. The van der Waals surface area contributed by atoms with E-state index >= 15 is 0 Å². The molecule has 0 unspecified atom stereocenters. The normalized spacial score (nSPS) is 32.2. The molecule has 0 aromatic carbocycles. The van der Waals surface area contributed by atoms with Gasteiger partial charge in [0.05, 0.1) is 0 Å². The van der Waals surface area contributed by atoms with E-state index in [1.54, 1.807) is 0 Å². The highest BCUT2D eigenvalue weighted by molar-refractivity contribution is 4.85. The van der Waals surface area contributed by atoms with Gasteiger partial charge in [0.25, 0.3) is 0 Å². The molecule has 0 aromatic heterocycles. The van der Waals surface area contributed by atoms with Gasteiger partial charge in [-0.3, -0.25) is 0 Å². The van der Waals surface area contributed by atoms with Crippen LogP contribution in [0, 0.1) is 41.4 Å². The van der Waals surface area contributed by atoms with E-state index in [2.05, 4.69) is 42.4 Å². The summed E-state index contributed by atoms with van der Waals surface area (Å²) < 4.78 is 16.4. The van der Waals surface area contributed by atoms with Crippen molar-refractivity contribution in [3.05, 3.63) is 0 Å². The van der Waals surface area contributed by atoms with Crippen molar-refractivity contribution in [1.29, 1.82) is 0 Å². The van der Waals surface area contributed by atoms with Gasteiger partial charge in [-0.2, -0.15) is 0 Å². The van der Waals surface area contributed by atoms with Crippen molar-refractivity contribution in [2.75, 3.05) is 98.5 Å². The zero-order valence-electron chi connectivity index (χ0n) is 31.8. The van der Waals surface area contributed by atoms with Crippen LogP contribution in [0.3, 0.4) is 0 Å². The summed E-state index contributed by atoms with van der Waals surface area (Å²) in [6.07, 6.45) is 21.3. The summed E-state index contributed by atoms with van der Waals surface area (Å²) in [5.74, 6) is 6.56. The molecule has 6 heteroatoms. The summed E-state index contributed by atoms with van der Waals surface area (Å²) in [5, 5.41) is 0.